The van der Waals surface area contributed by atoms with Gasteiger partial charge in [-0.05, 0) is 30.5 Å². The van der Waals surface area contributed by atoms with E-state index in [1.165, 1.54) is 5.56 Å². The van der Waals surface area contributed by atoms with Crippen LogP contribution in [0.25, 0.3) is 6.08 Å². The Morgan fingerprint density at radius 2 is 2.00 bits per heavy atom. The van der Waals surface area contributed by atoms with Crippen molar-refractivity contribution in [2.24, 2.45) is 0 Å². The van der Waals surface area contributed by atoms with E-state index in [1.807, 2.05) is 61.7 Å². The van der Waals surface area contributed by atoms with E-state index in [0.717, 1.165) is 11.1 Å². The average molecular weight is 239 g/mol. The third-order valence-electron chi connectivity index (χ3n) is 2.70. The third-order valence-corrected chi connectivity index (χ3v) is 2.70. The highest BCUT2D eigenvalue weighted by molar-refractivity contribution is 5.52. The molecule has 1 aromatic heterocycles. The first kappa shape index (κ1) is 12.4. The standard InChI is InChI=1S/C16H17NO/c1-3-7-15-11-17-16(10-13(15)2)18-12-14-8-5-4-6-9-14/h3-11H,12H2,1-2H3/b7-3+. The van der Waals surface area contributed by atoms with Crippen LogP contribution in [0.5, 0.6) is 5.88 Å². The summed E-state index contributed by atoms with van der Waals surface area (Å²) in [6.07, 6.45) is 5.90. The van der Waals surface area contributed by atoms with E-state index in [2.05, 4.69) is 11.9 Å². The largest absolute Gasteiger partial charge is 0.473 e. The van der Waals surface area contributed by atoms with E-state index in [0.29, 0.717) is 12.5 Å². The van der Waals surface area contributed by atoms with Crippen LogP contribution in [0.2, 0.25) is 0 Å². The van der Waals surface area contributed by atoms with Gasteiger partial charge < -0.3 is 4.74 Å². The molecule has 0 fully saturated rings. The molecular weight excluding hydrogens is 222 g/mol. The fourth-order valence-electron chi connectivity index (χ4n) is 1.71. The van der Waals surface area contributed by atoms with E-state index in [9.17, 15) is 0 Å². The van der Waals surface area contributed by atoms with Crippen LogP contribution >= 0.6 is 0 Å². The second-order valence-corrected chi connectivity index (χ2v) is 4.15. The molecule has 2 heteroatoms. The van der Waals surface area contributed by atoms with Gasteiger partial charge >= 0.3 is 0 Å². The zero-order valence-electron chi connectivity index (χ0n) is 10.8. The molecule has 0 saturated carbocycles. The SMILES string of the molecule is C/C=C/c1cnc(OCc2ccccc2)cc1C. The highest BCUT2D eigenvalue weighted by atomic mass is 16.5. The molecular formula is C16H17NO. The molecule has 92 valence electrons. The van der Waals surface area contributed by atoms with Crippen molar-refractivity contribution in [3.8, 4) is 5.88 Å². The van der Waals surface area contributed by atoms with Crippen LogP contribution in [0.4, 0.5) is 0 Å². The molecule has 0 bridgehead atoms. The lowest BCUT2D eigenvalue weighted by Crippen LogP contribution is -1.97. The van der Waals surface area contributed by atoms with Crippen molar-refractivity contribution in [2.45, 2.75) is 20.5 Å². The molecule has 0 aliphatic rings. The topological polar surface area (TPSA) is 22.1 Å². The summed E-state index contributed by atoms with van der Waals surface area (Å²) in [6, 6.07) is 12.1. The second-order valence-electron chi connectivity index (χ2n) is 4.15. The van der Waals surface area contributed by atoms with Crippen molar-refractivity contribution in [1.29, 1.82) is 0 Å². The second kappa shape index (κ2) is 6.01. The monoisotopic (exact) mass is 239 g/mol. The number of rotatable bonds is 4. The smallest absolute Gasteiger partial charge is 0.213 e. The fourth-order valence-corrected chi connectivity index (χ4v) is 1.71. The van der Waals surface area contributed by atoms with Gasteiger partial charge in [-0.2, -0.15) is 0 Å². The number of ether oxygens (including phenoxy) is 1. The summed E-state index contributed by atoms with van der Waals surface area (Å²) in [6.45, 7) is 4.61. The van der Waals surface area contributed by atoms with Crippen LogP contribution in [0, 0.1) is 6.92 Å². The quantitative estimate of drug-likeness (QED) is 0.804. The zero-order valence-corrected chi connectivity index (χ0v) is 10.8. The van der Waals surface area contributed by atoms with Gasteiger partial charge in [-0.3, -0.25) is 0 Å². The molecule has 0 unspecified atom stereocenters. The highest BCUT2D eigenvalue weighted by Crippen LogP contribution is 2.16. The Morgan fingerprint density at radius 1 is 1.22 bits per heavy atom. The minimum atomic E-state index is 0.552. The van der Waals surface area contributed by atoms with Gasteiger partial charge in [-0.1, -0.05) is 42.5 Å². The number of aromatic nitrogens is 1. The summed E-state index contributed by atoms with van der Waals surface area (Å²) < 4.78 is 5.67. The molecule has 2 aromatic rings. The van der Waals surface area contributed by atoms with Crippen LogP contribution < -0.4 is 4.74 Å². The molecule has 0 aliphatic carbocycles. The van der Waals surface area contributed by atoms with Gasteiger partial charge in [0.2, 0.25) is 5.88 Å². The molecule has 0 amide bonds. The normalized spacial score (nSPS) is 10.8. The van der Waals surface area contributed by atoms with Crippen LogP contribution in [-0.2, 0) is 6.61 Å². The number of benzene rings is 1. The van der Waals surface area contributed by atoms with Crippen molar-refractivity contribution in [3.05, 3.63) is 65.4 Å². The van der Waals surface area contributed by atoms with Crippen molar-refractivity contribution < 1.29 is 4.74 Å². The Hall–Kier alpha value is -2.09. The molecule has 2 nitrogen and oxygen atoms in total. The van der Waals surface area contributed by atoms with E-state index >= 15 is 0 Å². The fraction of sp³-hybridized carbons (Fsp3) is 0.188. The van der Waals surface area contributed by atoms with Gasteiger partial charge in [0, 0.05) is 12.3 Å². The summed E-state index contributed by atoms with van der Waals surface area (Å²) in [5.41, 5.74) is 3.45. The molecule has 2 rings (SSSR count). The van der Waals surface area contributed by atoms with Gasteiger partial charge in [0.05, 0.1) is 0 Å². The van der Waals surface area contributed by atoms with Crippen molar-refractivity contribution in [1.82, 2.24) is 4.98 Å². The summed E-state index contributed by atoms with van der Waals surface area (Å²) in [7, 11) is 0. The Labute approximate surface area is 108 Å². The minimum absolute atomic E-state index is 0.552. The maximum absolute atomic E-state index is 5.67. The zero-order chi connectivity index (χ0) is 12.8. The van der Waals surface area contributed by atoms with E-state index in [1.54, 1.807) is 0 Å². The van der Waals surface area contributed by atoms with Crippen LogP contribution in [0.1, 0.15) is 23.6 Å². The summed E-state index contributed by atoms with van der Waals surface area (Å²) in [5.74, 6) is 0.671. The number of hydrogen-bond donors (Lipinski definition) is 0. The van der Waals surface area contributed by atoms with Crippen LogP contribution in [0.15, 0.2) is 48.7 Å². The Kier molecular flexibility index (Phi) is 4.13. The lowest BCUT2D eigenvalue weighted by molar-refractivity contribution is 0.293. The first-order valence-corrected chi connectivity index (χ1v) is 6.05. The molecule has 0 spiro atoms. The molecule has 0 aliphatic heterocycles. The van der Waals surface area contributed by atoms with E-state index in [-0.39, 0.29) is 0 Å². The maximum Gasteiger partial charge on any atom is 0.213 e. The number of nitrogens with zero attached hydrogens (tertiary/aromatic N) is 1. The predicted octanol–water partition coefficient (Wildman–Crippen LogP) is 4.00. The number of hydrogen-bond acceptors (Lipinski definition) is 2. The van der Waals surface area contributed by atoms with Crippen molar-refractivity contribution in [2.75, 3.05) is 0 Å². The number of allylic oxidation sites excluding steroid dienone is 1. The highest BCUT2D eigenvalue weighted by Gasteiger charge is 2.00. The van der Waals surface area contributed by atoms with Gasteiger partial charge in [-0.25, -0.2) is 4.98 Å². The predicted molar refractivity (Wildman–Crippen MR) is 74.5 cm³/mol. The first-order chi connectivity index (χ1) is 8.79. The first-order valence-electron chi connectivity index (χ1n) is 6.05. The average Bonchev–Trinajstić information content (AvgIpc) is 2.41. The Morgan fingerprint density at radius 3 is 2.67 bits per heavy atom. The molecule has 0 N–H and O–H groups in total. The summed E-state index contributed by atoms with van der Waals surface area (Å²) >= 11 is 0. The Bertz CT molecular complexity index is 532. The number of aryl methyl sites for hydroxylation is 1. The van der Waals surface area contributed by atoms with E-state index in [4.69, 9.17) is 4.74 Å². The Balaban J connectivity index is 2.04. The van der Waals surface area contributed by atoms with Gasteiger partial charge in [0.25, 0.3) is 0 Å². The molecule has 1 heterocycles. The molecule has 18 heavy (non-hydrogen) atoms. The van der Waals surface area contributed by atoms with Gasteiger partial charge in [0.15, 0.2) is 0 Å². The van der Waals surface area contributed by atoms with Crippen LogP contribution in [0.3, 0.4) is 0 Å². The molecule has 0 saturated heterocycles. The van der Waals surface area contributed by atoms with Gasteiger partial charge in [0.1, 0.15) is 6.61 Å². The van der Waals surface area contributed by atoms with Crippen LogP contribution in [-0.4, -0.2) is 4.98 Å². The number of pyridine rings is 1. The van der Waals surface area contributed by atoms with Crippen molar-refractivity contribution in [3.63, 3.8) is 0 Å². The third kappa shape index (κ3) is 3.20. The lowest BCUT2D eigenvalue weighted by Gasteiger charge is -2.07. The molecule has 0 atom stereocenters. The minimum Gasteiger partial charge on any atom is -0.473 e. The van der Waals surface area contributed by atoms with Crippen molar-refractivity contribution >= 4 is 6.08 Å². The summed E-state index contributed by atoms with van der Waals surface area (Å²) in [4.78, 5) is 4.30. The van der Waals surface area contributed by atoms with Gasteiger partial charge in [-0.15, -0.1) is 0 Å². The van der Waals surface area contributed by atoms with E-state index < -0.39 is 0 Å². The molecule has 1 aromatic carbocycles. The molecule has 0 radical (unpaired) electrons. The summed E-state index contributed by atoms with van der Waals surface area (Å²) in [5, 5.41) is 0. The maximum atomic E-state index is 5.67. The lowest BCUT2D eigenvalue weighted by atomic mass is 10.1.